The summed E-state index contributed by atoms with van der Waals surface area (Å²) in [4.78, 5) is 0. The Morgan fingerprint density at radius 3 is 2.50 bits per heavy atom. The summed E-state index contributed by atoms with van der Waals surface area (Å²) in [5.74, 6) is 0.664. The van der Waals surface area contributed by atoms with Crippen LogP contribution in [0, 0.1) is 0 Å². The van der Waals surface area contributed by atoms with Gasteiger partial charge in [-0.2, -0.15) is 0 Å². The predicted molar refractivity (Wildman–Crippen MR) is 72.6 cm³/mol. The summed E-state index contributed by atoms with van der Waals surface area (Å²) >= 11 is 0. The van der Waals surface area contributed by atoms with Gasteiger partial charge < -0.3 is 9.68 Å². The van der Waals surface area contributed by atoms with Crippen LogP contribution >= 0.6 is 0 Å². The Morgan fingerprint density at radius 2 is 1.72 bits per heavy atom. The standard InChI is InChI=1S/C15H14BO2/c1-15(2)13-6-4-3-5-11(13)12-8-7-10(18-16-17)9-14(12)15/h3-9,17H,1-2H3. The van der Waals surface area contributed by atoms with Crippen molar-refractivity contribution in [2.24, 2.45) is 0 Å². The Morgan fingerprint density at radius 1 is 1.00 bits per heavy atom. The largest absolute Gasteiger partial charge is 0.569 e. The van der Waals surface area contributed by atoms with E-state index in [1.54, 1.807) is 0 Å². The van der Waals surface area contributed by atoms with Crippen LogP contribution in [0.5, 0.6) is 5.75 Å². The fourth-order valence-corrected chi connectivity index (χ4v) is 2.82. The second-order valence-corrected chi connectivity index (χ2v) is 5.10. The summed E-state index contributed by atoms with van der Waals surface area (Å²) in [6, 6.07) is 14.4. The number of hydrogen-bond acceptors (Lipinski definition) is 2. The number of benzene rings is 2. The van der Waals surface area contributed by atoms with Crippen LogP contribution in [-0.2, 0) is 5.41 Å². The van der Waals surface area contributed by atoms with Gasteiger partial charge in [0.15, 0.2) is 0 Å². The highest BCUT2D eigenvalue weighted by atomic mass is 16.5. The SMILES string of the molecule is CC1(C)c2ccccc2-c2ccc(O[B]O)cc21. The Hall–Kier alpha value is -1.74. The first-order valence-electron chi connectivity index (χ1n) is 6.01. The first kappa shape index (κ1) is 11.4. The molecule has 0 aromatic heterocycles. The molecule has 0 saturated carbocycles. The molecule has 0 saturated heterocycles. The van der Waals surface area contributed by atoms with Gasteiger partial charge in [0, 0.05) is 5.41 Å². The fourth-order valence-electron chi connectivity index (χ4n) is 2.82. The van der Waals surface area contributed by atoms with Gasteiger partial charge in [-0.05, 0) is 34.4 Å². The molecule has 1 aliphatic carbocycles. The van der Waals surface area contributed by atoms with Gasteiger partial charge in [0.25, 0.3) is 0 Å². The molecule has 3 rings (SSSR count). The highest BCUT2D eigenvalue weighted by Gasteiger charge is 2.35. The van der Waals surface area contributed by atoms with Gasteiger partial charge in [-0.15, -0.1) is 0 Å². The quantitative estimate of drug-likeness (QED) is 0.813. The molecule has 2 nitrogen and oxygen atoms in total. The molecule has 0 amide bonds. The van der Waals surface area contributed by atoms with E-state index in [0.717, 1.165) is 7.69 Å². The molecule has 0 spiro atoms. The van der Waals surface area contributed by atoms with Gasteiger partial charge in [-0.1, -0.05) is 44.2 Å². The van der Waals surface area contributed by atoms with Crippen molar-refractivity contribution >= 4 is 7.69 Å². The van der Waals surface area contributed by atoms with Gasteiger partial charge in [0.1, 0.15) is 5.75 Å². The average Bonchev–Trinajstić information content (AvgIpc) is 2.60. The molecule has 0 heterocycles. The summed E-state index contributed by atoms with van der Waals surface area (Å²) in [6.07, 6.45) is 0. The lowest BCUT2D eigenvalue weighted by Gasteiger charge is -2.21. The Kier molecular flexibility index (Phi) is 2.45. The van der Waals surface area contributed by atoms with E-state index in [1.165, 1.54) is 22.3 Å². The molecular formula is C15H14BO2. The van der Waals surface area contributed by atoms with E-state index in [2.05, 4.69) is 44.2 Å². The van der Waals surface area contributed by atoms with Crippen molar-refractivity contribution in [1.82, 2.24) is 0 Å². The van der Waals surface area contributed by atoms with Crippen molar-refractivity contribution < 1.29 is 9.68 Å². The second-order valence-electron chi connectivity index (χ2n) is 5.10. The summed E-state index contributed by atoms with van der Waals surface area (Å²) in [5.41, 5.74) is 5.09. The smallest absolute Gasteiger partial charge is 0.537 e. The van der Waals surface area contributed by atoms with Crippen LogP contribution in [0.15, 0.2) is 42.5 Å². The average molecular weight is 237 g/mol. The highest BCUT2D eigenvalue weighted by Crippen LogP contribution is 2.49. The third-order valence-corrected chi connectivity index (χ3v) is 3.74. The summed E-state index contributed by atoms with van der Waals surface area (Å²) < 4.78 is 5.05. The van der Waals surface area contributed by atoms with Gasteiger partial charge in [0.05, 0.1) is 0 Å². The van der Waals surface area contributed by atoms with Crippen LogP contribution in [0.1, 0.15) is 25.0 Å². The van der Waals surface area contributed by atoms with Crippen molar-refractivity contribution in [2.75, 3.05) is 0 Å². The minimum Gasteiger partial charge on any atom is -0.537 e. The second kappa shape index (κ2) is 3.89. The van der Waals surface area contributed by atoms with E-state index < -0.39 is 0 Å². The predicted octanol–water partition coefficient (Wildman–Crippen LogP) is 2.90. The van der Waals surface area contributed by atoms with E-state index in [4.69, 9.17) is 9.68 Å². The molecule has 3 heteroatoms. The van der Waals surface area contributed by atoms with Crippen LogP contribution in [-0.4, -0.2) is 12.7 Å². The van der Waals surface area contributed by atoms with Crippen molar-refractivity contribution in [3.05, 3.63) is 53.6 Å². The molecule has 1 N–H and O–H groups in total. The Balaban J connectivity index is 2.22. The summed E-state index contributed by atoms with van der Waals surface area (Å²) in [6.45, 7) is 4.42. The third kappa shape index (κ3) is 1.47. The van der Waals surface area contributed by atoms with Crippen LogP contribution in [0.3, 0.4) is 0 Å². The molecule has 0 aliphatic heterocycles. The van der Waals surface area contributed by atoms with Crippen LogP contribution in [0.4, 0.5) is 0 Å². The van der Waals surface area contributed by atoms with Crippen LogP contribution in [0.2, 0.25) is 0 Å². The first-order chi connectivity index (χ1) is 8.64. The zero-order valence-electron chi connectivity index (χ0n) is 10.5. The number of hydrogen-bond donors (Lipinski definition) is 1. The lowest BCUT2D eigenvalue weighted by atomic mass is 9.82. The minimum atomic E-state index is -0.0270. The molecule has 2 aromatic rings. The third-order valence-electron chi connectivity index (χ3n) is 3.74. The number of fused-ring (bicyclic) bond motifs is 3. The molecule has 0 fully saturated rings. The molecular weight excluding hydrogens is 223 g/mol. The maximum atomic E-state index is 8.72. The van der Waals surface area contributed by atoms with Crippen molar-refractivity contribution in [3.8, 4) is 16.9 Å². The van der Waals surface area contributed by atoms with Crippen LogP contribution in [0.25, 0.3) is 11.1 Å². The van der Waals surface area contributed by atoms with E-state index >= 15 is 0 Å². The van der Waals surface area contributed by atoms with E-state index in [9.17, 15) is 0 Å². The highest BCUT2D eigenvalue weighted by molar-refractivity contribution is 6.17. The van der Waals surface area contributed by atoms with Crippen molar-refractivity contribution in [3.63, 3.8) is 0 Å². The van der Waals surface area contributed by atoms with Gasteiger partial charge in [-0.25, -0.2) is 0 Å². The number of rotatable bonds is 2. The lowest BCUT2D eigenvalue weighted by molar-refractivity contribution is 0.453. The molecule has 18 heavy (non-hydrogen) atoms. The van der Waals surface area contributed by atoms with Gasteiger partial charge in [0.2, 0.25) is 0 Å². The normalized spacial score (nSPS) is 14.8. The maximum Gasteiger partial charge on any atom is 0.569 e. The van der Waals surface area contributed by atoms with Gasteiger partial charge >= 0.3 is 7.69 Å². The molecule has 1 aliphatic rings. The minimum absolute atomic E-state index is 0.0270. The van der Waals surface area contributed by atoms with Crippen molar-refractivity contribution in [2.45, 2.75) is 19.3 Å². The molecule has 1 radical (unpaired) electrons. The fraction of sp³-hybridized carbons (Fsp3) is 0.200. The van der Waals surface area contributed by atoms with Gasteiger partial charge in [-0.3, -0.25) is 0 Å². The maximum absolute atomic E-state index is 8.72. The van der Waals surface area contributed by atoms with Crippen LogP contribution < -0.4 is 4.65 Å². The molecule has 0 bridgehead atoms. The topological polar surface area (TPSA) is 29.5 Å². The van der Waals surface area contributed by atoms with E-state index in [-0.39, 0.29) is 5.41 Å². The molecule has 0 unspecified atom stereocenters. The molecule has 0 atom stereocenters. The first-order valence-corrected chi connectivity index (χ1v) is 6.01. The molecule has 2 aromatic carbocycles. The monoisotopic (exact) mass is 237 g/mol. The Bertz CT molecular complexity index is 605. The lowest BCUT2D eigenvalue weighted by Crippen LogP contribution is -2.15. The zero-order valence-corrected chi connectivity index (χ0v) is 10.5. The summed E-state index contributed by atoms with van der Waals surface area (Å²) in [7, 11) is 0.719. The van der Waals surface area contributed by atoms with Crippen molar-refractivity contribution in [1.29, 1.82) is 0 Å². The van der Waals surface area contributed by atoms with E-state index in [0.29, 0.717) is 5.75 Å². The van der Waals surface area contributed by atoms with E-state index in [1.807, 2.05) is 12.1 Å². The summed E-state index contributed by atoms with van der Waals surface area (Å²) in [5, 5.41) is 8.72. The Labute approximate surface area is 108 Å². The molecule has 89 valence electrons. The zero-order chi connectivity index (χ0) is 12.8.